The summed E-state index contributed by atoms with van der Waals surface area (Å²) in [4.78, 5) is 60.0. The Morgan fingerprint density at radius 1 is 1.07 bits per heavy atom. The summed E-state index contributed by atoms with van der Waals surface area (Å²) in [5.74, 6) is -1.84. The third kappa shape index (κ3) is 6.67. The summed E-state index contributed by atoms with van der Waals surface area (Å²) in [6.07, 6.45) is 4.28. The molecule has 3 heterocycles. The molecule has 1 N–H and O–H groups in total. The van der Waals surface area contributed by atoms with E-state index in [0.717, 1.165) is 16.5 Å². The number of likely N-dealkylation sites (N-methyl/N-ethyl adjacent to an activating group) is 1. The Morgan fingerprint density at radius 2 is 1.78 bits per heavy atom. The van der Waals surface area contributed by atoms with Crippen LogP contribution in [0.1, 0.15) is 78.2 Å². The van der Waals surface area contributed by atoms with Gasteiger partial charge in [0, 0.05) is 31.3 Å². The summed E-state index contributed by atoms with van der Waals surface area (Å²) in [6, 6.07) is 8.28. The summed E-state index contributed by atoms with van der Waals surface area (Å²) < 4.78 is 5.78. The number of carbonyl (C=O) groups excluding carboxylic acids is 4. The number of esters is 1. The fourth-order valence-corrected chi connectivity index (χ4v) is 5.68. The Hall–Kier alpha value is -3.59. The summed E-state index contributed by atoms with van der Waals surface area (Å²) in [5.41, 5.74) is 4.37. The van der Waals surface area contributed by atoms with Crippen LogP contribution in [-0.4, -0.2) is 64.1 Å². The largest absolute Gasteiger partial charge is 0.455 e. The number of cyclic esters (lactones) is 1. The molecule has 2 aliphatic heterocycles. The molecule has 9 nitrogen and oxygen atoms in total. The Bertz CT molecular complexity index is 1370. The number of ether oxygens (including phenoxy) is 1. The number of aromatic nitrogens is 1. The molecule has 4 atom stereocenters. The Labute approximate surface area is 242 Å². The van der Waals surface area contributed by atoms with Gasteiger partial charge in [-0.1, -0.05) is 51.1 Å². The molecule has 0 radical (unpaired) electrons. The van der Waals surface area contributed by atoms with Gasteiger partial charge in [0.1, 0.15) is 12.1 Å². The van der Waals surface area contributed by atoms with Crippen LogP contribution in [0.5, 0.6) is 0 Å². The molecule has 1 aromatic carbocycles. The van der Waals surface area contributed by atoms with Crippen LogP contribution in [0.3, 0.4) is 0 Å². The van der Waals surface area contributed by atoms with Crippen molar-refractivity contribution in [1.82, 2.24) is 20.3 Å². The number of ketones is 1. The molecular weight excluding hydrogens is 520 g/mol. The first-order valence-corrected chi connectivity index (χ1v) is 14.5. The van der Waals surface area contributed by atoms with Gasteiger partial charge in [-0.2, -0.15) is 0 Å². The molecule has 41 heavy (non-hydrogen) atoms. The van der Waals surface area contributed by atoms with Gasteiger partial charge in [0.05, 0.1) is 22.7 Å². The van der Waals surface area contributed by atoms with Gasteiger partial charge in [-0.15, -0.1) is 0 Å². The number of hydrogen-bond acceptors (Lipinski definition) is 7. The Morgan fingerprint density at radius 3 is 2.49 bits per heavy atom. The monoisotopic (exact) mass is 562 g/mol. The number of benzene rings is 1. The molecule has 0 unspecified atom stereocenters. The van der Waals surface area contributed by atoms with E-state index in [1.54, 1.807) is 20.9 Å². The van der Waals surface area contributed by atoms with Crippen molar-refractivity contribution in [1.29, 1.82) is 0 Å². The highest BCUT2D eigenvalue weighted by Crippen LogP contribution is 2.28. The highest BCUT2D eigenvalue weighted by Gasteiger charge is 2.38. The van der Waals surface area contributed by atoms with Crippen molar-refractivity contribution in [3.05, 3.63) is 47.7 Å². The van der Waals surface area contributed by atoms with E-state index >= 15 is 0 Å². The zero-order valence-electron chi connectivity index (χ0n) is 25.1. The SMILES string of the molecule is CC(C)[C@H]1C(=O)C[C@@H](C)C(=O)N2CCC[C@H](N2)C(=O)O[C@H](C)c2ccc3ccc(cc3n2)C=CC(C)(C)C(=O)N1C. The number of amides is 2. The minimum Gasteiger partial charge on any atom is -0.455 e. The summed E-state index contributed by atoms with van der Waals surface area (Å²) in [6.45, 7) is 11.4. The molecule has 0 spiro atoms. The summed E-state index contributed by atoms with van der Waals surface area (Å²) in [5, 5.41) is 2.37. The van der Waals surface area contributed by atoms with Crippen LogP contribution in [0.2, 0.25) is 0 Å². The van der Waals surface area contributed by atoms with E-state index < -0.39 is 35.5 Å². The van der Waals surface area contributed by atoms with Crippen LogP contribution >= 0.6 is 0 Å². The van der Waals surface area contributed by atoms with Gasteiger partial charge in [-0.05, 0) is 57.2 Å². The maximum Gasteiger partial charge on any atom is 0.325 e. The highest BCUT2D eigenvalue weighted by atomic mass is 16.5. The molecule has 2 aromatic rings. The number of carbonyl (C=O) groups is 4. The van der Waals surface area contributed by atoms with Gasteiger partial charge < -0.3 is 9.64 Å². The number of pyridine rings is 1. The lowest BCUT2D eigenvalue weighted by Crippen LogP contribution is -2.57. The molecule has 5 bridgehead atoms. The first kappa shape index (κ1) is 30.4. The number of nitrogens with one attached hydrogen (secondary N) is 1. The van der Waals surface area contributed by atoms with Crippen LogP contribution in [0.25, 0.3) is 17.0 Å². The first-order chi connectivity index (χ1) is 19.3. The van der Waals surface area contributed by atoms with E-state index in [-0.39, 0.29) is 29.9 Å². The number of fused-ring (bicyclic) bond motifs is 4. The van der Waals surface area contributed by atoms with Gasteiger partial charge in [-0.3, -0.25) is 24.2 Å². The van der Waals surface area contributed by atoms with Crippen molar-refractivity contribution in [2.45, 2.75) is 79.0 Å². The molecule has 1 aromatic heterocycles. The van der Waals surface area contributed by atoms with Gasteiger partial charge >= 0.3 is 5.97 Å². The zero-order valence-corrected chi connectivity index (χ0v) is 25.1. The van der Waals surface area contributed by atoms with Crippen molar-refractivity contribution in [3.8, 4) is 0 Å². The van der Waals surface area contributed by atoms with Gasteiger partial charge in [0.25, 0.3) is 0 Å². The fourth-order valence-electron chi connectivity index (χ4n) is 5.68. The molecule has 2 aliphatic rings. The predicted molar refractivity (Wildman–Crippen MR) is 157 cm³/mol. The average Bonchev–Trinajstić information content (AvgIpc) is 2.94. The van der Waals surface area contributed by atoms with Crippen LogP contribution in [0.4, 0.5) is 0 Å². The van der Waals surface area contributed by atoms with Crippen LogP contribution < -0.4 is 5.43 Å². The third-order valence-corrected chi connectivity index (χ3v) is 8.06. The standard InChI is InChI=1S/C32H42N4O5/c1-19(2)28-27(37)17-20(3)29(38)36-16-8-9-25(34-36)30(39)41-21(4)24-13-12-23-11-10-22(18-26(23)33-24)14-15-32(5,6)31(40)35(28)7/h10-15,18-21,25,28,34H,8-9,16-17H2,1-7H3/t20-,21-,25+,28+/m1/s1. The average molecular weight is 563 g/mol. The molecule has 1 saturated heterocycles. The number of rotatable bonds is 1. The summed E-state index contributed by atoms with van der Waals surface area (Å²) in [7, 11) is 1.66. The molecule has 0 aliphatic carbocycles. The molecule has 1 fully saturated rings. The lowest BCUT2D eigenvalue weighted by molar-refractivity contribution is -0.157. The summed E-state index contributed by atoms with van der Waals surface area (Å²) >= 11 is 0. The normalized spacial score (nSPS) is 26.5. The highest BCUT2D eigenvalue weighted by molar-refractivity contribution is 5.94. The van der Waals surface area contributed by atoms with Crippen molar-refractivity contribution in [2.75, 3.05) is 13.6 Å². The number of hydrogen-bond donors (Lipinski definition) is 1. The van der Waals surface area contributed by atoms with E-state index in [2.05, 4.69) is 5.43 Å². The Balaban J connectivity index is 1.74. The number of hydrazine groups is 1. The van der Waals surface area contributed by atoms with Crippen molar-refractivity contribution >= 4 is 40.5 Å². The van der Waals surface area contributed by atoms with Crippen LogP contribution in [0.15, 0.2) is 36.4 Å². The van der Waals surface area contributed by atoms with Gasteiger partial charge in [0.2, 0.25) is 11.8 Å². The topological polar surface area (TPSA) is 109 Å². The Kier molecular flexibility index (Phi) is 8.97. The van der Waals surface area contributed by atoms with Crippen LogP contribution in [0, 0.1) is 17.3 Å². The number of nitrogens with zero attached hydrogens (tertiary/aromatic N) is 3. The van der Waals surface area contributed by atoms with Crippen molar-refractivity contribution < 1.29 is 23.9 Å². The maximum absolute atomic E-state index is 13.7. The minimum absolute atomic E-state index is 0.0127. The molecule has 2 amide bonds. The third-order valence-electron chi connectivity index (χ3n) is 8.06. The number of Topliss-reactive ketones (excluding diaryl/α,β-unsaturated/α-hetero) is 1. The molecule has 220 valence electrons. The molecular formula is C32H42N4O5. The van der Waals surface area contributed by atoms with Gasteiger partial charge in [0.15, 0.2) is 5.78 Å². The molecule has 0 saturated carbocycles. The molecule has 9 heteroatoms. The second-order valence-electron chi connectivity index (χ2n) is 12.3. The lowest BCUT2D eigenvalue weighted by Gasteiger charge is -2.36. The van der Waals surface area contributed by atoms with E-state index in [0.29, 0.717) is 25.1 Å². The van der Waals surface area contributed by atoms with Crippen molar-refractivity contribution in [2.24, 2.45) is 17.3 Å². The van der Waals surface area contributed by atoms with E-state index in [9.17, 15) is 19.2 Å². The van der Waals surface area contributed by atoms with E-state index in [1.807, 2.05) is 70.2 Å². The minimum atomic E-state index is -0.887. The fraction of sp³-hybridized carbons (Fsp3) is 0.531. The second kappa shape index (κ2) is 12.1. The lowest BCUT2D eigenvalue weighted by atomic mass is 9.86. The predicted octanol–water partition coefficient (Wildman–Crippen LogP) is 4.47. The van der Waals surface area contributed by atoms with Crippen LogP contribution in [-0.2, 0) is 23.9 Å². The second-order valence-corrected chi connectivity index (χ2v) is 12.3. The molecule has 4 rings (SSSR count). The van der Waals surface area contributed by atoms with Gasteiger partial charge in [-0.25, -0.2) is 10.4 Å². The zero-order chi connectivity index (χ0) is 30.1. The van der Waals surface area contributed by atoms with Crippen molar-refractivity contribution in [3.63, 3.8) is 0 Å². The smallest absolute Gasteiger partial charge is 0.325 e. The van der Waals surface area contributed by atoms with E-state index in [4.69, 9.17) is 9.72 Å². The quantitative estimate of drug-likeness (QED) is 0.511. The first-order valence-electron chi connectivity index (χ1n) is 14.5. The van der Waals surface area contributed by atoms with E-state index in [1.165, 1.54) is 9.91 Å². The maximum atomic E-state index is 13.7.